The first-order valence-electron chi connectivity index (χ1n) is 41.7. The van der Waals surface area contributed by atoms with E-state index in [1.807, 2.05) is 6.92 Å². The number of esters is 5. The normalized spacial score (nSPS) is 17.1. The Morgan fingerprint density at radius 1 is 0.317 bits per heavy atom. The van der Waals surface area contributed by atoms with Gasteiger partial charge < -0.3 is 89.1 Å². The van der Waals surface area contributed by atoms with Crippen LogP contribution in [0.15, 0.2) is 112 Å². The van der Waals surface area contributed by atoms with E-state index in [0.29, 0.717) is 139 Å². The summed E-state index contributed by atoms with van der Waals surface area (Å²) in [5.41, 5.74) is 1.70. The number of carbonyl (C=O) groups is 18. The highest BCUT2D eigenvalue weighted by Crippen LogP contribution is 2.19. The fourth-order valence-electron chi connectivity index (χ4n) is 12.5. The van der Waals surface area contributed by atoms with E-state index in [1.165, 1.54) is 12.2 Å². The summed E-state index contributed by atoms with van der Waals surface area (Å²) >= 11 is 0. The molecular formula is C87H133N13O23. The maximum absolute atomic E-state index is 11.5. The van der Waals surface area contributed by atoms with E-state index >= 15 is 0 Å². The highest BCUT2D eigenvalue weighted by molar-refractivity contribution is 5.94. The second kappa shape index (κ2) is 61.4. The van der Waals surface area contributed by atoms with Gasteiger partial charge in [-0.25, -0.2) is 24.0 Å². The quantitative estimate of drug-likeness (QED) is 0.0388. The molecule has 9 aliphatic heterocycles. The number of rotatable bonds is 32. The van der Waals surface area contributed by atoms with Crippen LogP contribution < -0.4 is 21.3 Å². The van der Waals surface area contributed by atoms with Crippen LogP contribution in [0.1, 0.15) is 184 Å². The van der Waals surface area contributed by atoms with Gasteiger partial charge in [0.15, 0.2) is 12.5 Å². The fraction of sp³-hybridized carbons (Fsp3) is 0.586. The largest absolute Gasteiger partial charge is 0.461 e. The van der Waals surface area contributed by atoms with Crippen LogP contribution in [0, 0.1) is 0 Å². The van der Waals surface area contributed by atoms with Crippen molar-refractivity contribution in [3.8, 4) is 0 Å². The number of nitrogens with one attached hydrogen (secondary N) is 4. The number of carbonyl (C=O) groups excluding carboxylic acids is 18. The maximum Gasteiger partial charge on any atom is 0.335 e. The first-order chi connectivity index (χ1) is 58.3. The summed E-state index contributed by atoms with van der Waals surface area (Å²) in [6.07, 6.45) is 20.1. The van der Waals surface area contributed by atoms with Gasteiger partial charge in [0, 0.05) is 183 Å². The molecule has 684 valence electrons. The lowest BCUT2D eigenvalue weighted by Gasteiger charge is -2.25. The molecule has 9 heterocycles. The molecule has 0 aromatic heterocycles. The SMILES string of the molecule is C=C(C)C(=O)NC(C)N1CCCC1=O.C=C(C)C(=O)NCCN1CCCC1=O.C=C(C)C(=O)OC(C)N1CCCC1=O.C=C(C)C(=O)OCCN1CCCC1=O.C=CC(=O)NC(C)N1CCCC1=O.C=CC(=O)NCCN1CCCC1=O.C=CC(=O)OC(C)N1CCCC1=O.C=CC(=O)OCCN1CCCC1=O.C=CC(=O)OCCN1CCCCCC1=O. The molecule has 13 amide bonds. The first kappa shape index (κ1) is 109. The summed E-state index contributed by atoms with van der Waals surface area (Å²) in [4.78, 5) is 215. The van der Waals surface area contributed by atoms with E-state index in [4.69, 9.17) is 23.7 Å². The van der Waals surface area contributed by atoms with Gasteiger partial charge in [0.05, 0.1) is 19.6 Å². The Morgan fingerprint density at radius 2 is 0.626 bits per heavy atom. The predicted octanol–water partition coefficient (Wildman–Crippen LogP) is 5.06. The van der Waals surface area contributed by atoms with E-state index in [1.54, 1.807) is 92.6 Å². The Labute approximate surface area is 723 Å². The van der Waals surface area contributed by atoms with Gasteiger partial charge >= 0.3 is 29.8 Å². The second-order valence-corrected chi connectivity index (χ2v) is 29.4. The van der Waals surface area contributed by atoms with Crippen molar-refractivity contribution < 1.29 is 110 Å². The molecule has 0 spiro atoms. The van der Waals surface area contributed by atoms with Gasteiger partial charge in [-0.05, 0) is 132 Å². The van der Waals surface area contributed by atoms with Crippen molar-refractivity contribution in [2.45, 2.75) is 209 Å². The first-order valence-corrected chi connectivity index (χ1v) is 41.7. The van der Waals surface area contributed by atoms with E-state index in [0.717, 1.165) is 135 Å². The molecule has 0 radical (unpaired) electrons. The standard InChI is InChI=1S/C11H17NO3.2C10H16N2O2.2C10H15NO3.2C9H14N2O2.2C9H13NO3/c1-2-11(14)15-9-8-12-7-5-3-4-6-10(12)13;1-7(2)10(14)11-8(3)12-6-4-5-9(12)13;1-8(2)10(14)11-5-7-12-6-3-4-9(12)13;1-7(2)10(13)14-8(3)11-6-4-5-9(11)12;1-8(2)10(13)14-7-6-11-5-3-4-9(11)12;1-3-8(12)10-7(2)11-6-4-5-9(11)13;1-2-8(12)10-5-7-11-6-3-4-9(11)13;1-3-9(12)13-7(2)10-6-4-5-8(10)11;1-2-9(12)13-7-6-10-5-3-4-8(10)11/h2H,1,3-9H2;8H,1,4-6H2,2-3H3,(H,11,14);1,3-7H2,2H3,(H,11,14);8H,1,4-6H2,2-3H3;1,3-7H2,2H3;3,7H,1,4-6H2,2H3,(H,10,12);2H,1,3-7H2,(H,10,12);3,7H,1,4-6H2,2H3;2H,1,3-7H2. The molecule has 9 fully saturated rings. The summed E-state index contributed by atoms with van der Waals surface area (Å²) in [5.74, 6) is -1.82. The van der Waals surface area contributed by atoms with Crippen LogP contribution in [0.5, 0.6) is 0 Å². The topological polar surface area (TPSA) is 431 Å². The van der Waals surface area contributed by atoms with Gasteiger partial charge in [-0.2, -0.15) is 0 Å². The number of ether oxygens (including phenoxy) is 5. The zero-order valence-corrected chi connectivity index (χ0v) is 73.6. The molecule has 123 heavy (non-hydrogen) atoms. The second-order valence-electron chi connectivity index (χ2n) is 29.4. The smallest absolute Gasteiger partial charge is 0.335 e. The third-order valence-corrected chi connectivity index (χ3v) is 19.4. The molecule has 0 aliphatic carbocycles. The van der Waals surface area contributed by atoms with Gasteiger partial charge in [0.25, 0.3) is 0 Å². The number of nitrogens with zero attached hydrogens (tertiary/aromatic N) is 9. The predicted molar refractivity (Wildman–Crippen MR) is 458 cm³/mol. The Morgan fingerprint density at radius 3 is 0.951 bits per heavy atom. The molecule has 0 saturated carbocycles. The minimum Gasteiger partial charge on any atom is -0.461 e. The highest BCUT2D eigenvalue weighted by atomic mass is 16.6. The van der Waals surface area contributed by atoms with Crippen molar-refractivity contribution in [1.29, 1.82) is 0 Å². The van der Waals surface area contributed by atoms with Crippen molar-refractivity contribution in [3.63, 3.8) is 0 Å². The molecule has 9 saturated heterocycles. The minimum absolute atomic E-state index is 0.0457. The zero-order valence-electron chi connectivity index (χ0n) is 73.6. The number of hydrogen-bond acceptors (Lipinski definition) is 23. The monoisotopic (exact) mass is 1730 g/mol. The van der Waals surface area contributed by atoms with Crippen molar-refractivity contribution in [2.24, 2.45) is 0 Å². The summed E-state index contributed by atoms with van der Waals surface area (Å²) in [5, 5.41) is 10.7. The Hall–Kier alpha value is -11.9. The lowest BCUT2D eigenvalue weighted by molar-refractivity contribution is -0.158. The van der Waals surface area contributed by atoms with Crippen molar-refractivity contribution >= 4 is 107 Å². The number of likely N-dealkylation sites (tertiary alicyclic amines) is 9. The van der Waals surface area contributed by atoms with Crippen molar-refractivity contribution in [2.75, 3.05) is 125 Å². The van der Waals surface area contributed by atoms with Crippen molar-refractivity contribution in [1.82, 2.24) is 65.4 Å². The lowest BCUT2D eigenvalue weighted by atomic mass is 10.2. The molecule has 0 bridgehead atoms. The minimum atomic E-state index is -0.493. The van der Waals surface area contributed by atoms with Crippen LogP contribution in [0.4, 0.5) is 0 Å². The fourth-order valence-corrected chi connectivity index (χ4v) is 12.5. The Kier molecular flexibility index (Phi) is 54.5. The van der Waals surface area contributed by atoms with Crippen LogP contribution in [0.3, 0.4) is 0 Å². The average molecular weight is 1730 g/mol. The van der Waals surface area contributed by atoms with Crippen LogP contribution in [-0.2, 0) is 110 Å². The van der Waals surface area contributed by atoms with Crippen LogP contribution in [0.25, 0.3) is 0 Å². The molecule has 9 rings (SSSR count). The summed E-state index contributed by atoms with van der Waals surface area (Å²) in [6.45, 7) is 55.3. The molecule has 9 aliphatic rings. The molecule has 4 N–H and O–H groups in total. The molecular weight excluding hydrogens is 1600 g/mol. The molecule has 0 aromatic rings. The van der Waals surface area contributed by atoms with Gasteiger partial charge in [-0.3, -0.25) is 62.3 Å². The van der Waals surface area contributed by atoms with E-state index in [-0.39, 0.29) is 109 Å². The molecule has 4 unspecified atom stereocenters. The highest BCUT2D eigenvalue weighted by Gasteiger charge is 2.31. The van der Waals surface area contributed by atoms with Crippen LogP contribution in [0.2, 0.25) is 0 Å². The molecule has 4 atom stereocenters. The Bertz CT molecular complexity index is 3520. The maximum atomic E-state index is 11.5. The Balaban J connectivity index is 0.000000692. The van der Waals surface area contributed by atoms with E-state index in [9.17, 15) is 86.3 Å². The van der Waals surface area contributed by atoms with Crippen LogP contribution >= 0.6 is 0 Å². The van der Waals surface area contributed by atoms with Gasteiger partial charge in [0.2, 0.25) is 76.8 Å². The lowest BCUT2D eigenvalue weighted by Crippen LogP contribution is -2.46. The molecule has 0 aromatic carbocycles. The number of hydrogen-bond donors (Lipinski definition) is 4. The summed E-state index contributed by atoms with van der Waals surface area (Å²) < 4.78 is 24.4. The van der Waals surface area contributed by atoms with Crippen LogP contribution in [-0.4, -0.2) is 300 Å². The van der Waals surface area contributed by atoms with E-state index in [2.05, 4.69) is 80.5 Å². The van der Waals surface area contributed by atoms with Gasteiger partial charge in [-0.1, -0.05) is 65.6 Å². The molecule has 36 nitrogen and oxygen atoms in total. The van der Waals surface area contributed by atoms with E-state index < -0.39 is 42.3 Å². The third kappa shape index (κ3) is 45.5. The third-order valence-electron chi connectivity index (χ3n) is 19.4. The van der Waals surface area contributed by atoms with Crippen molar-refractivity contribution in [3.05, 3.63) is 112 Å². The summed E-state index contributed by atoms with van der Waals surface area (Å²) in [7, 11) is 0. The summed E-state index contributed by atoms with van der Waals surface area (Å²) in [6, 6.07) is 0. The average Bonchev–Trinajstić information content (AvgIpc) is 1.76. The number of amides is 13. The molecule has 36 heteroatoms. The van der Waals surface area contributed by atoms with Gasteiger partial charge in [-0.15, -0.1) is 0 Å². The van der Waals surface area contributed by atoms with Gasteiger partial charge in [0.1, 0.15) is 32.2 Å². The zero-order chi connectivity index (χ0) is 92.7.